The van der Waals surface area contributed by atoms with Crippen molar-refractivity contribution >= 4 is 23.4 Å². The lowest BCUT2D eigenvalue weighted by Gasteiger charge is -2.27. The van der Waals surface area contributed by atoms with E-state index in [0.717, 1.165) is 7.11 Å². The molecule has 0 atom stereocenters. The summed E-state index contributed by atoms with van der Waals surface area (Å²) in [5.74, 6) is -1.99. The molecule has 0 amide bonds. The fraction of sp³-hybridized carbons (Fsp3) is 0.533. The van der Waals surface area contributed by atoms with Crippen molar-refractivity contribution in [2.45, 2.75) is 38.6 Å². The van der Waals surface area contributed by atoms with Gasteiger partial charge < -0.3 is 15.2 Å². The third-order valence-electron chi connectivity index (χ3n) is 4.13. The minimum Gasteiger partial charge on any atom is -0.481 e. The fourth-order valence-corrected chi connectivity index (χ4v) is 2.90. The van der Waals surface area contributed by atoms with Gasteiger partial charge >= 0.3 is 17.6 Å². The Kier molecular flexibility index (Phi) is 5.32. The summed E-state index contributed by atoms with van der Waals surface area (Å²) in [6.07, 6.45) is 2.13. The summed E-state index contributed by atoms with van der Waals surface area (Å²) in [7, 11) is 1.15. The first-order valence-corrected chi connectivity index (χ1v) is 7.57. The van der Waals surface area contributed by atoms with E-state index >= 15 is 0 Å². The number of carbonyl (C=O) groups is 2. The number of nitrogens with one attached hydrogen (secondary N) is 1. The highest BCUT2D eigenvalue weighted by molar-refractivity contribution is 5.96. The SMILES string of the molecule is COC(=O)c1cc(C)nc(NC2CCC(C(=O)O)CC2)c1[N+](=O)[O-]. The number of ether oxygens (including phenoxy) is 1. The number of nitrogens with zero attached hydrogens (tertiary/aromatic N) is 2. The first kappa shape index (κ1) is 17.6. The number of aromatic nitrogens is 1. The van der Waals surface area contributed by atoms with E-state index in [-0.39, 0.29) is 23.3 Å². The predicted molar refractivity (Wildman–Crippen MR) is 84.0 cm³/mol. The van der Waals surface area contributed by atoms with E-state index in [9.17, 15) is 19.7 Å². The summed E-state index contributed by atoms with van der Waals surface area (Å²) in [5.41, 5.74) is -0.132. The number of carboxylic acid groups (broad SMARTS) is 1. The number of carboxylic acids is 1. The van der Waals surface area contributed by atoms with Gasteiger partial charge in [-0.05, 0) is 38.7 Å². The molecule has 9 nitrogen and oxygen atoms in total. The van der Waals surface area contributed by atoms with Crippen LogP contribution in [0.2, 0.25) is 0 Å². The van der Waals surface area contributed by atoms with Crippen LogP contribution in [0.15, 0.2) is 6.07 Å². The number of anilines is 1. The first-order valence-electron chi connectivity index (χ1n) is 7.57. The van der Waals surface area contributed by atoms with Crippen LogP contribution in [-0.4, -0.2) is 40.1 Å². The molecule has 2 N–H and O–H groups in total. The van der Waals surface area contributed by atoms with E-state index in [1.54, 1.807) is 6.92 Å². The third kappa shape index (κ3) is 3.79. The molecule has 130 valence electrons. The lowest BCUT2D eigenvalue weighted by molar-refractivity contribution is -0.384. The number of hydrogen-bond donors (Lipinski definition) is 2. The Hall–Kier alpha value is -2.71. The highest BCUT2D eigenvalue weighted by Gasteiger charge is 2.31. The molecule has 2 rings (SSSR count). The van der Waals surface area contributed by atoms with E-state index in [4.69, 9.17) is 5.11 Å². The summed E-state index contributed by atoms with van der Waals surface area (Å²) in [4.78, 5) is 37.7. The Morgan fingerprint density at radius 3 is 2.50 bits per heavy atom. The molecular formula is C15H19N3O6. The Morgan fingerprint density at radius 2 is 2.00 bits per heavy atom. The minimum absolute atomic E-state index is 0.0131. The van der Waals surface area contributed by atoms with E-state index < -0.39 is 22.5 Å². The van der Waals surface area contributed by atoms with Crippen LogP contribution in [-0.2, 0) is 9.53 Å². The first-order chi connectivity index (χ1) is 11.3. The molecule has 1 aliphatic carbocycles. The standard InChI is InChI=1S/C15H19N3O6/c1-8-7-11(15(21)24-2)12(18(22)23)13(16-8)17-10-5-3-9(4-6-10)14(19)20/h7,9-10H,3-6H2,1-2H3,(H,16,17)(H,19,20). The molecule has 1 saturated carbocycles. The van der Waals surface area contributed by atoms with Crippen LogP contribution in [0.3, 0.4) is 0 Å². The van der Waals surface area contributed by atoms with Crippen LogP contribution in [0.4, 0.5) is 11.5 Å². The highest BCUT2D eigenvalue weighted by Crippen LogP contribution is 2.32. The Bertz CT molecular complexity index is 667. The zero-order chi connectivity index (χ0) is 17.9. The molecule has 0 aliphatic heterocycles. The summed E-state index contributed by atoms with van der Waals surface area (Å²) >= 11 is 0. The van der Waals surface area contributed by atoms with Gasteiger partial charge in [0.15, 0.2) is 0 Å². The Labute approximate surface area is 138 Å². The Morgan fingerprint density at radius 1 is 1.38 bits per heavy atom. The molecule has 0 aromatic carbocycles. The second kappa shape index (κ2) is 7.24. The maximum Gasteiger partial charge on any atom is 0.345 e. The lowest BCUT2D eigenvalue weighted by Crippen LogP contribution is -2.30. The van der Waals surface area contributed by atoms with Gasteiger partial charge in [-0.25, -0.2) is 9.78 Å². The van der Waals surface area contributed by atoms with Crippen molar-refractivity contribution in [1.82, 2.24) is 4.98 Å². The number of rotatable bonds is 5. The van der Waals surface area contributed by atoms with Gasteiger partial charge in [0.25, 0.3) is 0 Å². The zero-order valence-corrected chi connectivity index (χ0v) is 13.4. The van der Waals surface area contributed by atoms with Gasteiger partial charge in [0.2, 0.25) is 5.82 Å². The molecular weight excluding hydrogens is 318 g/mol. The number of pyridine rings is 1. The van der Waals surface area contributed by atoms with Crippen LogP contribution in [0, 0.1) is 23.0 Å². The van der Waals surface area contributed by atoms with Crippen molar-refractivity contribution in [2.24, 2.45) is 5.92 Å². The maximum absolute atomic E-state index is 11.8. The largest absolute Gasteiger partial charge is 0.481 e. The van der Waals surface area contributed by atoms with Crippen LogP contribution in [0.1, 0.15) is 41.7 Å². The number of methoxy groups -OCH3 is 1. The summed E-state index contributed by atoms with van der Waals surface area (Å²) < 4.78 is 4.60. The number of esters is 1. The molecule has 1 heterocycles. The average molecular weight is 337 g/mol. The van der Waals surface area contributed by atoms with Crippen LogP contribution in [0.25, 0.3) is 0 Å². The predicted octanol–water partition coefficient (Wildman–Crippen LogP) is 2.14. The summed E-state index contributed by atoms with van der Waals surface area (Å²) in [6.45, 7) is 1.63. The fourth-order valence-electron chi connectivity index (χ4n) is 2.90. The van der Waals surface area contributed by atoms with Crippen molar-refractivity contribution < 1.29 is 24.4 Å². The summed E-state index contributed by atoms with van der Waals surface area (Å²) in [6, 6.07) is 1.19. The lowest BCUT2D eigenvalue weighted by atomic mass is 9.86. The molecule has 1 aromatic rings. The summed E-state index contributed by atoms with van der Waals surface area (Å²) in [5, 5.41) is 23.4. The molecule has 1 aliphatic rings. The van der Waals surface area contributed by atoms with Crippen LogP contribution in [0.5, 0.6) is 0 Å². The molecule has 1 aromatic heterocycles. The van der Waals surface area contributed by atoms with E-state index in [2.05, 4.69) is 15.0 Å². The van der Waals surface area contributed by atoms with Gasteiger partial charge in [0.1, 0.15) is 5.56 Å². The van der Waals surface area contributed by atoms with Crippen molar-refractivity contribution in [1.29, 1.82) is 0 Å². The molecule has 1 fully saturated rings. The van der Waals surface area contributed by atoms with E-state index in [0.29, 0.717) is 31.4 Å². The molecule has 0 saturated heterocycles. The maximum atomic E-state index is 11.8. The van der Waals surface area contributed by atoms with E-state index in [1.165, 1.54) is 6.07 Å². The number of nitro groups is 1. The topological polar surface area (TPSA) is 132 Å². The number of hydrogen-bond acceptors (Lipinski definition) is 7. The molecule has 0 spiro atoms. The van der Waals surface area contributed by atoms with Gasteiger partial charge in [0.05, 0.1) is 18.0 Å². The van der Waals surface area contributed by atoms with Crippen molar-refractivity contribution in [2.75, 3.05) is 12.4 Å². The molecule has 0 unspecified atom stereocenters. The monoisotopic (exact) mass is 337 g/mol. The second-order valence-corrected chi connectivity index (χ2v) is 5.79. The minimum atomic E-state index is -0.818. The van der Waals surface area contributed by atoms with Crippen LogP contribution < -0.4 is 5.32 Å². The van der Waals surface area contributed by atoms with Crippen molar-refractivity contribution in [3.05, 3.63) is 27.4 Å². The Balaban J connectivity index is 2.27. The van der Waals surface area contributed by atoms with Crippen LogP contribution >= 0.6 is 0 Å². The van der Waals surface area contributed by atoms with Gasteiger partial charge in [-0.15, -0.1) is 0 Å². The molecule has 24 heavy (non-hydrogen) atoms. The second-order valence-electron chi connectivity index (χ2n) is 5.79. The van der Waals surface area contributed by atoms with Gasteiger partial charge in [0, 0.05) is 11.7 Å². The number of carbonyl (C=O) groups excluding carboxylic acids is 1. The highest BCUT2D eigenvalue weighted by atomic mass is 16.6. The van der Waals surface area contributed by atoms with Crippen molar-refractivity contribution in [3.8, 4) is 0 Å². The van der Waals surface area contributed by atoms with Crippen molar-refractivity contribution in [3.63, 3.8) is 0 Å². The van der Waals surface area contributed by atoms with E-state index in [1.807, 2.05) is 0 Å². The smallest absolute Gasteiger partial charge is 0.345 e. The molecule has 9 heteroatoms. The third-order valence-corrected chi connectivity index (χ3v) is 4.13. The quantitative estimate of drug-likeness (QED) is 0.474. The van der Waals surface area contributed by atoms with Gasteiger partial charge in [-0.1, -0.05) is 0 Å². The molecule has 0 radical (unpaired) electrons. The zero-order valence-electron chi connectivity index (χ0n) is 13.4. The molecule has 0 bridgehead atoms. The van der Waals surface area contributed by atoms with Gasteiger partial charge in [-0.2, -0.15) is 0 Å². The van der Waals surface area contributed by atoms with Gasteiger partial charge in [-0.3, -0.25) is 14.9 Å². The normalized spacial score (nSPS) is 20.2. The number of aliphatic carboxylic acids is 1. The number of aryl methyl sites for hydroxylation is 1. The average Bonchev–Trinajstić information content (AvgIpc) is 2.53.